The molecule has 0 N–H and O–H groups in total. The van der Waals surface area contributed by atoms with E-state index in [9.17, 15) is 0 Å². The third-order valence-corrected chi connectivity index (χ3v) is 3.77. The number of rotatable bonds is 2. The number of aromatic nitrogens is 1. The van der Waals surface area contributed by atoms with Gasteiger partial charge in [-0.25, -0.2) is 4.98 Å². The predicted molar refractivity (Wildman–Crippen MR) is 73.8 cm³/mol. The summed E-state index contributed by atoms with van der Waals surface area (Å²) in [5.41, 5.74) is 2.74. The molecule has 0 atom stereocenters. The Bertz CT molecular complexity index is 401. The Balaban J connectivity index is 2.22. The number of anilines is 1. The number of piperidine rings is 1. The number of nitrogens with zero attached hydrogens (tertiary/aromatic N) is 2. The second-order valence-electron chi connectivity index (χ2n) is 5.81. The largest absolute Gasteiger partial charge is 0.356 e. The van der Waals surface area contributed by atoms with Crippen LogP contribution in [0, 0.1) is 12.3 Å². The number of alkyl halides is 1. The van der Waals surface area contributed by atoms with E-state index in [2.05, 4.69) is 36.7 Å². The maximum Gasteiger partial charge on any atom is 0.131 e. The first-order chi connectivity index (χ1) is 8.02. The molecule has 3 heteroatoms. The second-order valence-corrected chi connectivity index (χ2v) is 6.07. The average Bonchev–Trinajstić information content (AvgIpc) is 2.27. The van der Waals surface area contributed by atoms with E-state index in [0.717, 1.165) is 24.5 Å². The molecule has 2 nitrogen and oxygen atoms in total. The van der Waals surface area contributed by atoms with Gasteiger partial charge in [0.2, 0.25) is 0 Å². The van der Waals surface area contributed by atoms with Gasteiger partial charge >= 0.3 is 0 Å². The van der Waals surface area contributed by atoms with Crippen LogP contribution in [0.1, 0.15) is 37.8 Å². The standard InChI is InChI=1S/C14H21ClN2/c1-11-7-12(8-15)9-16-13(11)17-6-4-5-14(2,3)10-17/h7,9H,4-6,8,10H2,1-3H3. The van der Waals surface area contributed by atoms with E-state index in [1.807, 2.05) is 6.20 Å². The molecule has 1 fully saturated rings. The maximum absolute atomic E-state index is 5.83. The lowest BCUT2D eigenvalue weighted by Gasteiger charge is -2.39. The maximum atomic E-state index is 5.83. The molecule has 1 aromatic rings. The van der Waals surface area contributed by atoms with E-state index in [1.165, 1.54) is 18.4 Å². The summed E-state index contributed by atoms with van der Waals surface area (Å²) in [6, 6.07) is 2.15. The molecule has 1 aliphatic rings. The molecule has 2 heterocycles. The summed E-state index contributed by atoms with van der Waals surface area (Å²) in [5.74, 6) is 1.67. The highest BCUT2D eigenvalue weighted by Gasteiger charge is 2.27. The summed E-state index contributed by atoms with van der Waals surface area (Å²) >= 11 is 5.83. The molecule has 0 saturated carbocycles. The fourth-order valence-electron chi connectivity index (χ4n) is 2.63. The number of hydrogen-bond acceptors (Lipinski definition) is 2. The number of pyridine rings is 1. The van der Waals surface area contributed by atoms with Crippen LogP contribution in [0.4, 0.5) is 5.82 Å². The average molecular weight is 253 g/mol. The number of aryl methyl sites for hydroxylation is 1. The summed E-state index contributed by atoms with van der Waals surface area (Å²) < 4.78 is 0. The molecule has 0 amide bonds. The molecule has 0 bridgehead atoms. The molecule has 1 saturated heterocycles. The highest BCUT2D eigenvalue weighted by Crippen LogP contribution is 2.32. The molecule has 0 radical (unpaired) electrons. The molecular weight excluding hydrogens is 232 g/mol. The molecule has 1 aliphatic heterocycles. The fraction of sp³-hybridized carbons (Fsp3) is 0.643. The molecule has 17 heavy (non-hydrogen) atoms. The van der Waals surface area contributed by atoms with E-state index in [1.54, 1.807) is 0 Å². The minimum atomic E-state index is 0.400. The number of hydrogen-bond donors (Lipinski definition) is 0. The first-order valence-corrected chi connectivity index (χ1v) is 6.82. The minimum Gasteiger partial charge on any atom is -0.356 e. The molecule has 0 spiro atoms. The monoisotopic (exact) mass is 252 g/mol. The van der Waals surface area contributed by atoms with E-state index >= 15 is 0 Å². The first-order valence-electron chi connectivity index (χ1n) is 6.28. The Morgan fingerprint density at radius 1 is 1.47 bits per heavy atom. The van der Waals surface area contributed by atoms with Gasteiger partial charge in [-0.2, -0.15) is 0 Å². The Hall–Kier alpha value is -0.760. The van der Waals surface area contributed by atoms with Gasteiger partial charge in [-0.15, -0.1) is 11.6 Å². The molecular formula is C14H21ClN2. The normalized spacial score (nSPS) is 19.4. The van der Waals surface area contributed by atoms with Crippen LogP contribution in [-0.4, -0.2) is 18.1 Å². The van der Waals surface area contributed by atoms with Gasteiger partial charge in [-0.3, -0.25) is 0 Å². The molecule has 1 aromatic heterocycles. The van der Waals surface area contributed by atoms with Crippen molar-refractivity contribution in [3.8, 4) is 0 Å². The van der Waals surface area contributed by atoms with Crippen LogP contribution in [0.3, 0.4) is 0 Å². The van der Waals surface area contributed by atoms with Gasteiger partial charge in [0.15, 0.2) is 0 Å². The van der Waals surface area contributed by atoms with Crippen LogP contribution in [-0.2, 0) is 5.88 Å². The Labute approximate surface area is 109 Å². The minimum absolute atomic E-state index is 0.400. The summed E-state index contributed by atoms with van der Waals surface area (Å²) in [4.78, 5) is 6.99. The van der Waals surface area contributed by atoms with Crippen molar-refractivity contribution in [3.63, 3.8) is 0 Å². The van der Waals surface area contributed by atoms with Gasteiger partial charge in [0.1, 0.15) is 5.82 Å². The van der Waals surface area contributed by atoms with Crippen LogP contribution in [0.15, 0.2) is 12.3 Å². The van der Waals surface area contributed by atoms with Crippen molar-refractivity contribution in [3.05, 3.63) is 23.4 Å². The van der Waals surface area contributed by atoms with E-state index in [4.69, 9.17) is 11.6 Å². The van der Waals surface area contributed by atoms with Gasteiger partial charge in [0, 0.05) is 25.2 Å². The molecule has 94 valence electrons. The molecule has 2 rings (SSSR count). The zero-order valence-electron chi connectivity index (χ0n) is 11.0. The van der Waals surface area contributed by atoms with Gasteiger partial charge in [0.05, 0.1) is 0 Å². The summed E-state index contributed by atoms with van der Waals surface area (Å²) in [5, 5.41) is 0. The Morgan fingerprint density at radius 2 is 2.24 bits per heavy atom. The van der Waals surface area contributed by atoms with E-state index in [-0.39, 0.29) is 0 Å². The van der Waals surface area contributed by atoms with E-state index < -0.39 is 0 Å². The van der Waals surface area contributed by atoms with Crippen LogP contribution in [0.5, 0.6) is 0 Å². The van der Waals surface area contributed by atoms with Crippen LogP contribution in [0.2, 0.25) is 0 Å². The summed E-state index contributed by atoms with van der Waals surface area (Å²) in [6.45, 7) is 9.02. The quantitative estimate of drug-likeness (QED) is 0.746. The number of halogens is 1. The van der Waals surface area contributed by atoms with Crippen molar-refractivity contribution in [1.82, 2.24) is 4.98 Å². The molecule has 0 aromatic carbocycles. The van der Waals surface area contributed by atoms with Crippen molar-refractivity contribution in [2.45, 2.75) is 39.5 Å². The van der Waals surface area contributed by atoms with Crippen molar-refractivity contribution in [1.29, 1.82) is 0 Å². The third kappa shape index (κ3) is 2.92. The van der Waals surface area contributed by atoms with E-state index in [0.29, 0.717) is 11.3 Å². The van der Waals surface area contributed by atoms with Crippen LogP contribution >= 0.6 is 11.6 Å². The van der Waals surface area contributed by atoms with Crippen molar-refractivity contribution in [2.75, 3.05) is 18.0 Å². The lowest BCUT2D eigenvalue weighted by Crippen LogP contribution is -2.40. The fourth-order valence-corrected chi connectivity index (χ4v) is 2.78. The highest BCUT2D eigenvalue weighted by atomic mass is 35.5. The summed E-state index contributed by atoms with van der Waals surface area (Å²) in [7, 11) is 0. The molecule has 0 aliphatic carbocycles. The zero-order chi connectivity index (χ0) is 12.5. The zero-order valence-corrected chi connectivity index (χ0v) is 11.7. The molecule has 0 unspecified atom stereocenters. The second kappa shape index (κ2) is 4.85. The van der Waals surface area contributed by atoms with Crippen molar-refractivity contribution < 1.29 is 0 Å². The predicted octanol–water partition coefficient (Wildman–Crippen LogP) is 3.76. The lowest BCUT2D eigenvalue weighted by atomic mass is 9.84. The SMILES string of the molecule is Cc1cc(CCl)cnc1N1CCCC(C)(C)C1. The lowest BCUT2D eigenvalue weighted by molar-refractivity contribution is 0.292. The first kappa shape index (κ1) is 12.7. The van der Waals surface area contributed by atoms with Crippen molar-refractivity contribution >= 4 is 17.4 Å². The summed E-state index contributed by atoms with van der Waals surface area (Å²) in [6.07, 6.45) is 4.46. The van der Waals surface area contributed by atoms with Crippen LogP contribution < -0.4 is 4.90 Å². The topological polar surface area (TPSA) is 16.1 Å². The highest BCUT2D eigenvalue weighted by molar-refractivity contribution is 6.17. The van der Waals surface area contributed by atoms with Crippen molar-refractivity contribution in [2.24, 2.45) is 5.41 Å². The van der Waals surface area contributed by atoms with Crippen LogP contribution in [0.25, 0.3) is 0 Å². The van der Waals surface area contributed by atoms with Gasteiger partial charge in [-0.1, -0.05) is 13.8 Å². The smallest absolute Gasteiger partial charge is 0.131 e. The van der Waals surface area contributed by atoms with Gasteiger partial charge in [-0.05, 0) is 42.4 Å². The Kier molecular flexibility index (Phi) is 3.62. The van der Waals surface area contributed by atoms with Gasteiger partial charge < -0.3 is 4.90 Å². The third-order valence-electron chi connectivity index (χ3n) is 3.46. The Morgan fingerprint density at radius 3 is 2.82 bits per heavy atom. The van der Waals surface area contributed by atoms with Gasteiger partial charge in [0.25, 0.3) is 0 Å².